The zero-order valence-electron chi connectivity index (χ0n) is 17.1. The van der Waals surface area contributed by atoms with E-state index in [1.54, 1.807) is 12.1 Å². The molecule has 1 aromatic heterocycles. The normalized spacial score (nSPS) is 25.9. The van der Waals surface area contributed by atoms with Crippen LogP contribution in [0, 0.1) is 17.7 Å². The Kier molecular flexibility index (Phi) is 6.23. The molecule has 0 spiro atoms. The van der Waals surface area contributed by atoms with Gasteiger partial charge in [-0.25, -0.2) is 4.39 Å². The highest BCUT2D eigenvalue weighted by Crippen LogP contribution is 2.37. The molecule has 6 nitrogen and oxygen atoms in total. The molecule has 3 aliphatic rings. The molecule has 2 bridgehead atoms. The number of rotatable bonds is 8. The lowest BCUT2D eigenvalue weighted by Crippen LogP contribution is -2.58. The molecular formula is C22H30FN5O. The van der Waals surface area contributed by atoms with E-state index in [1.807, 2.05) is 4.68 Å². The zero-order valence-corrected chi connectivity index (χ0v) is 17.1. The molecule has 1 unspecified atom stereocenters. The summed E-state index contributed by atoms with van der Waals surface area (Å²) in [6, 6.07) is 6.72. The van der Waals surface area contributed by atoms with Gasteiger partial charge in [-0.3, -0.25) is 14.4 Å². The minimum Gasteiger partial charge on any atom is -0.352 e. The molecule has 3 aliphatic heterocycles. The van der Waals surface area contributed by atoms with Crippen LogP contribution in [0.4, 0.5) is 4.39 Å². The third kappa shape index (κ3) is 4.83. The van der Waals surface area contributed by atoms with Crippen LogP contribution in [0.2, 0.25) is 0 Å². The second kappa shape index (κ2) is 9.03. The number of halogens is 1. The Labute approximate surface area is 171 Å². The van der Waals surface area contributed by atoms with Crippen LogP contribution >= 0.6 is 0 Å². The number of benzene rings is 1. The van der Waals surface area contributed by atoms with E-state index < -0.39 is 0 Å². The molecule has 7 heteroatoms. The molecular weight excluding hydrogens is 369 g/mol. The SMILES string of the molecule is CCCCc1cn(C[C@H]2C[C@H]3CCN2C[C@@H]3C(=O)NCc2ccc(F)cc2)nn1. The number of hydrogen-bond donors (Lipinski definition) is 1. The molecule has 29 heavy (non-hydrogen) atoms. The summed E-state index contributed by atoms with van der Waals surface area (Å²) < 4.78 is 15.0. The highest BCUT2D eigenvalue weighted by atomic mass is 19.1. The van der Waals surface area contributed by atoms with Crippen LogP contribution in [-0.2, 0) is 24.3 Å². The lowest BCUT2D eigenvalue weighted by Gasteiger charge is -2.49. The van der Waals surface area contributed by atoms with E-state index >= 15 is 0 Å². The summed E-state index contributed by atoms with van der Waals surface area (Å²) in [7, 11) is 0. The van der Waals surface area contributed by atoms with Crippen molar-refractivity contribution < 1.29 is 9.18 Å². The molecule has 0 saturated carbocycles. The summed E-state index contributed by atoms with van der Waals surface area (Å²) in [5, 5.41) is 11.6. The first-order valence-electron chi connectivity index (χ1n) is 10.8. The van der Waals surface area contributed by atoms with Crippen LogP contribution in [0.1, 0.15) is 43.9 Å². The minimum absolute atomic E-state index is 0.0382. The summed E-state index contributed by atoms with van der Waals surface area (Å²) in [5.74, 6) is 0.316. The van der Waals surface area contributed by atoms with Crippen molar-refractivity contribution in [1.82, 2.24) is 25.2 Å². The molecule has 1 amide bonds. The second-order valence-electron chi connectivity index (χ2n) is 8.42. The maximum atomic E-state index is 13.0. The molecule has 3 saturated heterocycles. The Hall–Kier alpha value is -2.28. The largest absolute Gasteiger partial charge is 0.352 e. The summed E-state index contributed by atoms with van der Waals surface area (Å²) in [4.78, 5) is 15.2. The first-order chi connectivity index (χ1) is 14.1. The van der Waals surface area contributed by atoms with Crippen molar-refractivity contribution in [1.29, 1.82) is 0 Å². The number of hydrogen-bond acceptors (Lipinski definition) is 4. The van der Waals surface area contributed by atoms with E-state index in [4.69, 9.17) is 0 Å². The number of aromatic nitrogens is 3. The van der Waals surface area contributed by atoms with Crippen LogP contribution in [0.15, 0.2) is 30.5 Å². The number of piperidine rings is 3. The van der Waals surface area contributed by atoms with Gasteiger partial charge >= 0.3 is 0 Å². The maximum absolute atomic E-state index is 13.0. The summed E-state index contributed by atoms with van der Waals surface area (Å²) in [6.45, 7) is 5.34. The van der Waals surface area contributed by atoms with Gasteiger partial charge in [0.1, 0.15) is 5.82 Å². The van der Waals surface area contributed by atoms with Gasteiger partial charge in [0.25, 0.3) is 0 Å². The highest BCUT2D eigenvalue weighted by Gasteiger charge is 2.43. The van der Waals surface area contributed by atoms with Crippen molar-refractivity contribution in [3.63, 3.8) is 0 Å². The number of amides is 1. The van der Waals surface area contributed by atoms with E-state index in [0.29, 0.717) is 18.5 Å². The van der Waals surface area contributed by atoms with Gasteiger partial charge in [-0.15, -0.1) is 5.10 Å². The van der Waals surface area contributed by atoms with Crippen molar-refractivity contribution in [2.24, 2.45) is 11.8 Å². The predicted molar refractivity (Wildman–Crippen MR) is 108 cm³/mol. The van der Waals surface area contributed by atoms with Crippen LogP contribution < -0.4 is 5.32 Å². The summed E-state index contributed by atoms with van der Waals surface area (Å²) in [6.07, 6.45) is 7.47. The molecule has 5 rings (SSSR count). The number of unbranched alkanes of at least 4 members (excludes halogenated alkanes) is 1. The Morgan fingerprint density at radius 2 is 2.14 bits per heavy atom. The third-order valence-electron chi connectivity index (χ3n) is 6.37. The van der Waals surface area contributed by atoms with E-state index in [1.165, 1.54) is 12.1 Å². The van der Waals surface area contributed by atoms with Crippen LogP contribution in [0.25, 0.3) is 0 Å². The van der Waals surface area contributed by atoms with Gasteiger partial charge in [0.15, 0.2) is 0 Å². The average Bonchev–Trinajstić information content (AvgIpc) is 3.19. The fourth-order valence-electron chi connectivity index (χ4n) is 4.66. The minimum atomic E-state index is -0.256. The first-order valence-corrected chi connectivity index (χ1v) is 10.8. The number of carbonyl (C=O) groups excluding carboxylic acids is 1. The maximum Gasteiger partial charge on any atom is 0.224 e. The fourth-order valence-corrected chi connectivity index (χ4v) is 4.66. The fraction of sp³-hybridized carbons (Fsp3) is 0.591. The molecule has 3 fully saturated rings. The lowest BCUT2D eigenvalue weighted by atomic mass is 9.75. The van der Waals surface area contributed by atoms with Gasteiger partial charge in [0, 0.05) is 25.3 Å². The quantitative estimate of drug-likeness (QED) is 0.741. The zero-order chi connectivity index (χ0) is 20.2. The van der Waals surface area contributed by atoms with Crippen LogP contribution in [-0.4, -0.2) is 44.9 Å². The van der Waals surface area contributed by atoms with Crippen LogP contribution in [0.5, 0.6) is 0 Å². The molecule has 0 aliphatic carbocycles. The molecule has 1 N–H and O–H groups in total. The molecule has 156 valence electrons. The van der Waals surface area contributed by atoms with Crippen molar-refractivity contribution in [3.8, 4) is 0 Å². The summed E-state index contributed by atoms with van der Waals surface area (Å²) >= 11 is 0. The van der Waals surface area contributed by atoms with E-state index in [0.717, 1.165) is 63.0 Å². The third-order valence-corrected chi connectivity index (χ3v) is 6.37. The number of fused-ring (bicyclic) bond motifs is 3. The average molecular weight is 400 g/mol. The Morgan fingerprint density at radius 3 is 2.86 bits per heavy atom. The smallest absolute Gasteiger partial charge is 0.224 e. The van der Waals surface area contributed by atoms with Gasteiger partial charge < -0.3 is 5.32 Å². The van der Waals surface area contributed by atoms with Crippen molar-refractivity contribution in [3.05, 3.63) is 47.5 Å². The lowest BCUT2D eigenvalue weighted by molar-refractivity contribution is -0.133. The second-order valence-corrected chi connectivity index (χ2v) is 8.42. The van der Waals surface area contributed by atoms with Crippen molar-refractivity contribution >= 4 is 5.91 Å². The number of aryl methyl sites for hydroxylation is 1. The number of nitrogens with zero attached hydrogens (tertiary/aromatic N) is 4. The molecule has 1 aromatic carbocycles. The molecule has 4 atom stereocenters. The van der Waals surface area contributed by atoms with Gasteiger partial charge in [-0.1, -0.05) is 30.7 Å². The van der Waals surface area contributed by atoms with E-state index in [2.05, 4.69) is 33.6 Å². The van der Waals surface area contributed by atoms with Crippen molar-refractivity contribution in [2.45, 2.75) is 58.2 Å². The Bertz CT molecular complexity index is 821. The number of nitrogens with one attached hydrogen (secondary N) is 1. The molecule has 0 radical (unpaired) electrons. The molecule has 2 aromatic rings. The van der Waals surface area contributed by atoms with Gasteiger partial charge in [-0.05, 0) is 55.8 Å². The van der Waals surface area contributed by atoms with Gasteiger partial charge in [0.2, 0.25) is 5.91 Å². The molecule has 4 heterocycles. The van der Waals surface area contributed by atoms with E-state index in [9.17, 15) is 9.18 Å². The first kappa shape index (κ1) is 20.0. The summed E-state index contributed by atoms with van der Waals surface area (Å²) in [5.41, 5.74) is 1.99. The van der Waals surface area contributed by atoms with Crippen LogP contribution in [0.3, 0.4) is 0 Å². The Morgan fingerprint density at radius 1 is 1.31 bits per heavy atom. The topological polar surface area (TPSA) is 63.1 Å². The van der Waals surface area contributed by atoms with Gasteiger partial charge in [-0.2, -0.15) is 0 Å². The monoisotopic (exact) mass is 399 g/mol. The number of carbonyl (C=O) groups is 1. The van der Waals surface area contributed by atoms with E-state index in [-0.39, 0.29) is 17.6 Å². The highest BCUT2D eigenvalue weighted by molar-refractivity contribution is 5.79. The predicted octanol–water partition coefficient (Wildman–Crippen LogP) is 2.79. The van der Waals surface area contributed by atoms with Gasteiger partial charge in [0.05, 0.1) is 18.2 Å². The Balaban J connectivity index is 1.29. The standard InChI is InChI=1S/C22H30FN5O/c1-2-3-4-19-13-28(26-25-19)14-20-11-17-9-10-27(20)15-21(17)22(29)24-12-16-5-7-18(23)8-6-16/h5-8,13,17,20-21H,2-4,9-12,14-15H2,1H3,(H,24,29)/t17-,20-,21+/m1/s1. The van der Waals surface area contributed by atoms with Crippen molar-refractivity contribution in [2.75, 3.05) is 13.1 Å².